The van der Waals surface area contributed by atoms with E-state index in [1.165, 1.54) is 30.4 Å². The standard InChI is InChI=1S/C30H21F3N4O4S/c1-30(15-34,35-2)25-26(31)23(24(29(38)39)27(32)28(25)33)22-18-7-5-16(36-9-3-10-36)13-20(18)42(40,41)21-14-17(6-8-19(21)22)37-11-4-12-37/h5-8,13-14H,3-4,9-12H2,1H3. The van der Waals surface area contributed by atoms with Crippen LogP contribution in [0, 0.1) is 35.4 Å². The summed E-state index contributed by atoms with van der Waals surface area (Å²) in [5, 5.41) is 21.9. The largest absolute Gasteiger partial charge is 0.545 e. The molecule has 0 spiro atoms. The fraction of sp³-hybridized carbons (Fsp3) is 0.267. The quantitative estimate of drug-likeness (QED) is 0.308. The SMILES string of the molecule is [C-]#[N+]C(C)(C#N)c1c(F)c(F)c(C(=O)[O-])c(C2=C3C=CC(=[N+]4CCC4)C=C3S(=O)(=O)c3cc(N4CCC4)ccc32)c1F. The molecule has 1 aliphatic carbocycles. The first-order chi connectivity index (χ1) is 19.9. The summed E-state index contributed by atoms with van der Waals surface area (Å²) in [6.07, 6.45) is 6.17. The molecular weight excluding hydrogens is 569 g/mol. The molecule has 0 saturated carbocycles. The van der Waals surface area contributed by atoms with E-state index in [2.05, 4.69) is 4.85 Å². The summed E-state index contributed by atoms with van der Waals surface area (Å²) in [6.45, 7) is 11.0. The van der Waals surface area contributed by atoms with E-state index in [4.69, 9.17) is 6.57 Å². The number of hydrogen-bond donors (Lipinski definition) is 0. The Morgan fingerprint density at radius 3 is 2.40 bits per heavy atom. The molecule has 12 heteroatoms. The third-order valence-corrected chi connectivity index (χ3v) is 10.0. The molecule has 1 atom stereocenters. The molecular formula is C30H21F3N4O4S. The van der Waals surface area contributed by atoms with Gasteiger partial charge in [0.05, 0.1) is 22.2 Å². The van der Waals surface area contributed by atoms with Crippen molar-refractivity contribution in [3.05, 3.63) is 98.0 Å². The number of sulfone groups is 1. The first-order valence-corrected chi connectivity index (χ1v) is 14.6. The number of hydrogen-bond acceptors (Lipinski definition) is 6. The number of carbonyl (C=O) groups is 1. The first kappa shape index (κ1) is 27.5. The molecule has 0 bridgehead atoms. The summed E-state index contributed by atoms with van der Waals surface area (Å²) in [7, 11) is -4.26. The molecule has 3 heterocycles. The van der Waals surface area contributed by atoms with E-state index in [0.29, 0.717) is 37.6 Å². The summed E-state index contributed by atoms with van der Waals surface area (Å²) in [4.78, 5) is 16.7. The van der Waals surface area contributed by atoms with Crippen LogP contribution in [0.2, 0.25) is 0 Å². The van der Waals surface area contributed by atoms with Gasteiger partial charge in [-0.15, -0.1) is 0 Å². The molecule has 2 aromatic rings. The number of halogens is 3. The fourth-order valence-electron chi connectivity index (χ4n) is 5.61. The Hall–Kier alpha value is -4.68. The molecule has 212 valence electrons. The van der Waals surface area contributed by atoms with E-state index in [-0.39, 0.29) is 26.5 Å². The summed E-state index contributed by atoms with van der Waals surface area (Å²) in [5.41, 5.74) is -5.79. The normalized spacial score (nSPS) is 19.9. The van der Waals surface area contributed by atoms with Crippen molar-refractivity contribution in [2.45, 2.75) is 30.2 Å². The lowest BCUT2D eigenvalue weighted by atomic mass is 9.82. The molecule has 2 fully saturated rings. The Morgan fingerprint density at radius 2 is 1.86 bits per heavy atom. The number of carboxylic acid groups (broad SMARTS) is 1. The van der Waals surface area contributed by atoms with E-state index in [0.717, 1.165) is 19.8 Å². The zero-order chi connectivity index (χ0) is 30.1. The summed E-state index contributed by atoms with van der Waals surface area (Å²) >= 11 is 0. The van der Waals surface area contributed by atoms with Gasteiger partial charge >= 0.3 is 5.54 Å². The van der Waals surface area contributed by atoms with Crippen LogP contribution in [0.4, 0.5) is 18.9 Å². The van der Waals surface area contributed by atoms with Crippen molar-refractivity contribution in [2.24, 2.45) is 0 Å². The topological polar surface area (TPSA) is 109 Å². The lowest BCUT2D eigenvalue weighted by Gasteiger charge is -2.35. The second-order valence-electron chi connectivity index (χ2n) is 10.6. The number of carbonyl (C=O) groups excluding carboxylic acids is 1. The number of carboxylic acids is 1. The van der Waals surface area contributed by atoms with Gasteiger partial charge in [-0.3, -0.25) is 4.85 Å². The highest BCUT2D eigenvalue weighted by molar-refractivity contribution is 7.95. The van der Waals surface area contributed by atoms with Gasteiger partial charge in [-0.05, 0) is 24.6 Å². The summed E-state index contributed by atoms with van der Waals surface area (Å²) < 4.78 is 77.5. The zero-order valence-electron chi connectivity index (χ0n) is 22.2. The molecule has 4 aliphatic rings. The lowest BCUT2D eigenvalue weighted by molar-refractivity contribution is -0.582. The Labute approximate surface area is 239 Å². The lowest BCUT2D eigenvalue weighted by Crippen LogP contribution is -2.37. The van der Waals surface area contributed by atoms with Crippen molar-refractivity contribution in [1.29, 1.82) is 5.26 Å². The monoisotopic (exact) mass is 590 g/mol. The Morgan fingerprint density at radius 1 is 1.14 bits per heavy atom. The second-order valence-corrected chi connectivity index (χ2v) is 12.5. The third kappa shape index (κ3) is 3.75. The molecule has 0 radical (unpaired) electrons. The van der Waals surface area contributed by atoms with E-state index >= 15 is 13.2 Å². The van der Waals surface area contributed by atoms with Crippen molar-refractivity contribution < 1.29 is 36.1 Å². The van der Waals surface area contributed by atoms with Gasteiger partial charge in [-0.1, -0.05) is 6.07 Å². The maximum absolute atomic E-state index is 16.5. The van der Waals surface area contributed by atoms with Gasteiger partial charge in [-0.2, -0.15) is 5.26 Å². The fourth-order valence-corrected chi connectivity index (χ4v) is 7.31. The average Bonchev–Trinajstić information content (AvgIpc) is 2.90. The number of benzene rings is 2. The maximum Gasteiger partial charge on any atom is 0.343 e. The predicted molar refractivity (Wildman–Crippen MR) is 144 cm³/mol. The van der Waals surface area contributed by atoms with Gasteiger partial charge in [0.15, 0.2) is 17.7 Å². The second kappa shape index (κ2) is 9.43. The molecule has 3 aliphatic heterocycles. The highest BCUT2D eigenvalue weighted by Crippen LogP contribution is 2.49. The number of nitrogens with zero attached hydrogens (tertiary/aromatic N) is 4. The van der Waals surface area contributed by atoms with Crippen molar-refractivity contribution in [2.75, 3.05) is 31.1 Å². The van der Waals surface area contributed by atoms with E-state index in [1.807, 2.05) is 9.48 Å². The van der Waals surface area contributed by atoms with E-state index in [1.54, 1.807) is 12.1 Å². The van der Waals surface area contributed by atoms with Gasteiger partial charge in [-0.25, -0.2) is 32.7 Å². The number of fused-ring (bicyclic) bond motifs is 2. The van der Waals surface area contributed by atoms with Crippen LogP contribution in [0.3, 0.4) is 0 Å². The summed E-state index contributed by atoms with van der Waals surface area (Å²) in [6, 6.07) is 5.83. The molecule has 2 saturated heterocycles. The van der Waals surface area contributed by atoms with Crippen LogP contribution in [-0.4, -0.2) is 50.9 Å². The molecule has 42 heavy (non-hydrogen) atoms. The first-order valence-electron chi connectivity index (χ1n) is 13.1. The molecule has 6 rings (SSSR count). The number of rotatable bonds is 4. The predicted octanol–water partition coefficient (Wildman–Crippen LogP) is 3.24. The number of nitriles is 1. The smallest absolute Gasteiger partial charge is 0.343 e. The van der Waals surface area contributed by atoms with Gasteiger partial charge < -0.3 is 14.8 Å². The van der Waals surface area contributed by atoms with Crippen LogP contribution in [0.15, 0.2) is 51.8 Å². The molecule has 8 nitrogen and oxygen atoms in total. The van der Waals surface area contributed by atoms with Crippen molar-refractivity contribution in [3.63, 3.8) is 0 Å². The van der Waals surface area contributed by atoms with Crippen LogP contribution < -0.4 is 10.0 Å². The zero-order valence-corrected chi connectivity index (χ0v) is 23.0. The van der Waals surface area contributed by atoms with Gasteiger partial charge in [0, 0.05) is 65.7 Å². The molecule has 0 amide bonds. The number of anilines is 1. The Balaban J connectivity index is 1.77. The minimum Gasteiger partial charge on any atom is -0.545 e. The van der Waals surface area contributed by atoms with E-state index < -0.39 is 55.5 Å². The van der Waals surface area contributed by atoms with Crippen LogP contribution in [0.5, 0.6) is 0 Å². The Kier molecular flexibility index (Phi) is 6.17. The maximum atomic E-state index is 16.5. The molecule has 0 N–H and O–H groups in total. The van der Waals surface area contributed by atoms with Gasteiger partial charge in [0.25, 0.3) is 0 Å². The van der Waals surface area contributed by atoms with Gasteiger partial charge in [0.1, 0.15) is 24.5 Å². The van der Waals surface area contributed by atoms with Crippen LogP contribution in [0.1, 0.15) is 46.8 Å². The van der Waals surface area contributed by atoms with Crippen molar-refractivity contribution >= 4 is 32.8 Å². The summed E-state index contributed by atoms with van der Waals surface area (Å²) in [5.74, 6) is -7.96. The third-order valence-electron chi connectivity index (χ3n) is 8.19. The van der Waals surface area contributed by atoms with Crippen LogP contribution >= 0.6 is 0 Å². The minimum atomic E-state index is -4.26. The Bertz CT molecular complexity index is 1940. The average molecular weight is 591 g/mol. The molecule has 2 aromatic carbocycles. The highest BCUT2D eigenvalue weighted by atomic mass is 32.2. The molecule has 0 aromatic heterocycles. The highest BCUT2D eigenvalue weighted by Gasteiger charge is 2.46. The number of aromatic carboxylic acids is 1. The van der Waals surface area contributed by atoms with Crippen molar-refractivity contribution in [1.82, 2.24) is 0 Å². The molecule has 1 unspecified atom stereocenters. The van der Waals surface area contributed by atoms with Crippen LogP contribution in [-0.2, 0) is 15.4 Å². The minimum absolute atomic E-state index is 0.136. The van der Waals surface area contributed by atoms with Gasteiger partial charge in [0.2, 0.25) is 15.5 Å². The van der Waals surface area contributed by atoms with Crippen LogP contribution in [0.25, 0.3) is 10.4 Å². The number of allylic oxidation sites excluding steroid dienone is 4. The van der Waals surface area contributed by atoms with Crippen molar-refractivity contribution in [3.8, 4) is 6.07 Å². The van der Waals surface area contributed by atoms with E-state index in [9.17, 15) is 23.6 Å².